The fraction of sp³-hybridized carbons (Fsp3) is 0.273. The second-order valence-electron chi connectivity index (χ2n) is 6.34. The molecular formula is C22H23N3O3. The van der Waals surface area contributed by atoms with Crippen LogP contribution in [0, 0.1) is 11.3 Å². The summed E-state index contributed by atoms with van der Waals surface area (Å²) >= 11 is 0. The van der Waals surface area contributed by atoms with Crippen LogP contribution < -0.4 is 10.1 Å². The van der Waals surface area contributed by atoms with E-state index in [1.54, 1.807) is 18.2 Å². The van der Waals surface area contributed by atoms with Crippen LogP contribution in [-0.4, -0.2) is 50.1 Å². The molecule has 3 rings (SSSR count). The maximum atomic E-state index is 12.7. The van der Waals surface area contributed by atoms with E-state index in [1.165, 1.54) is 6.20 Å². The SMILES string of the molecule is N#C/C(=C\Nc1ccccc1)C(=O)c1cccc(OCCN2CCOCC2)c1. The molecule has 6 nitrogen and oxygen atoms in total. The van der Waals surface area contributed by atoms with Crippen molar-refractivity contribution >= 4 is 11.5 Å². The summed E-state index contributed by atoms with van der Waals surface area (Å²) in [7, 11) is 0. The molecule has 1 fully saturated rings. The number of carbonyl (C=O) groups excluding carboxylic acids is 1. The van der Waals surface area contributed by atoms with Gasteiger partial charge in [-0.15, -0.1) is 0 Å². The number of anilines is 1. The number of Topliss-reactive ketones (excluding diaryl/α,β-unsaturated/α-hetero) is 1. The summed E-state index contributed by atoms with van der Waals surface area (Å²) in [5.74, 6) is 0.275. The van der Waals surface area contributed by atoms with Gasteiger partial charge in [0.2, 0.25) is 5.78 Å². The Balaban J connectivity index is 1.59. The lowest BCUT2D eigenvalue weighted by atomic mass is 10.0. The maximum Gasteiger partial charge on any atom is 0.205 e. The highest BCUT2D eigenvalue weighted by atomic mass is 16.5. The number of carbonyl (C=O) groups is 1. The summed E-state index contributed by atoms with van der Waals surface area (Å²) in [6.07, 6.45) is 1.43. The van der Waals surface area contributed by atoms with Gasteiger partial charge in [-0.1, -0.05) is 30.3 Å². The summed E-state index contributed by atoms with van der Waals surface area (Å²) in [5, 5.41) is 12.3. The molecule has 6 heteroatoms. The minimum Gasteiger partial charge on any atom is -0.492 e. The number of nitriles is 1. The van der Waals surface area contributed by atoms with Crippen LogP contribution in [0.15, 0.2) is 66.4 Å². The maximum absolute atomic E-state index is 12.7. The van der Waals surface area contributed by atoms with Gasteiger partial charge in [0.1, 0.15) is 24.0 Å². The van der Waals surface area contributed by atoms with Gasteiger partial charge in [0.05, 0.1) is 13.2 Å². The fourth-order valence-electron chi connectivity index (χ4n) is 2.84. The Morgan fingerprint density at radius 1 is 1.18 bits per heavy atom. The average Bonchev–Trinajstić information content (AvgIpc) is 2.76. The molecule has 1 aliphatic rings. The molecule has 0 atom stereocenters. The molecule has 144 valence electrons. The van der Waals surface area contributed by atoms with E-state index in [9.17, 15) is 10.1 Å². The van der Waals surface area contributed by atoms with Gasteiger partial charge in [-0.2, -0.15) is 5.26 Å². The average molecular weight is 377 g/mol. The van der Waals surface area contributed by atoms with Crippen LogP contribution in [0.4, 0.5) is 5.69 Å². The molecule has 0 bridgehead atoms. The lowest BCUT2D eigenvalue weighted by molar-refractivity contribution is 0.0322. The van der Waals surface area contributed by atoms with Crippen molar-refractivity contribution in [1.82, 2.24) is 4.90 Å². The minimum atomic E-state index is -0.343. The van der Waals surface area contributed by atoms with Crippen LogP contribution in [0.2, 0.25) is 0 Å². The van der Waals surface area contributed by atoms with Gasteiger partial charge in [-0.25, -0.2) is 0 Å². The third-order valence-corrected chi connectivity index (χ3v) is 4.40. The number of nitrogens with zero attached hydrogens (tertiary/aromatic N) is 2. The van der Waals surface area contributed by atoms with Crippen molar-refractivity contribution in [1.29, 1.82) is 5.26 Å². The molecule has 2 aromatic carbocycles. The van der Waals surface area contributed by atoms with Gasteiger partial charge in [0.15, 0.2) is 0 Å². The highest BCUT2D eigenvalue weighted by Crippen LogP contribution is 2.17. The molecule has 1 N–H and O–H groups in total. The molecular weight excluding hydrogens is 354 g/mol. The summed E-state index contributed by atoms with van der Waals surface area (Å²) in [5.41, 5.74) is 1.27. The number of morpholine rings is 1. The van der Waals surface area contributed by atoms with Crippen molar-refractivity contribution in [2.75, 3.05) is 44.8 Å². The number of hydrogen-bond acceptors (Lipinski definition) is 6. The summed E-state index contributed by atoms with van der Waals surface area (Å²) in [4.78, 5) is 14.9. The predicted octanol–water partition coefficient (Wildman–Crippen LogP) is 3.10. The second-order valence-corrected chi connectivity index (χ2v) is 6.34. The first kappa shape index (κ1) is 19.6. The second kappa shape index (κ2) is 10.3. The smallest absolute Gasteiger partial charge is 0.205 e. The Morgan fingerprint density at radius 2 is 1.96 bits per heavy atom. The third kappa shape index (κ3) is 5.68. The van der Waals surface area contributed by atoms with E-state index in [4.69, 9.17) is 9.47 Å². The number of para-hydroxylation sites is 1. The van der Waals surface area contributed by atoms with Crippen molar-refractivity contribution in [2.45, 2.75) is 0 Å². The number of ether oxygens (including phenoxy) is 2. The number of benzene rings is 2. The number of allylic oxidation sites excluding steroid dienone is 1. The molecule has 1 heterocycles. The van der Waals surface area contributed by atoms with Crippen LogP contribution >= 0.6 is 0 Å². The zero-order chi connectivity index (χ0) is 19.6. The Hall–Kier alpha value is -3.14. The fourth-order valence-corrected chi connectivity index (χ4v) is 2.84. The predicted molar refractivity (Wildman–Crippen MR) is 107 cm³/mol. The quantitative estimate of drug-likeness (QED) is 0.433. The van der Waals surface area contributed by atoms with Crippen molar-refractivity contribution < 1.29 is 14.3 Å². The van der Waals surface area contributed by atoms with E-state index in [1.807, 2.05) is 42.5 Å². The molecule has 0 spiro atoms. The van der Waals surface area contributed by atoms with Gasteiger partial charge in [0.25, 0.3) is 0 Å². The van der Waals surface area contributed by atoms with E-state index >= 15 is 0 Å². The van der Waals surface area contributed by atoms with Crippen molar-refractivity contribution in [3.8, 4) is 11.8 Å². The van der Waals surface area contributed by atoms with Crippen LogP contribution in [0.3, 0.4) is 0 Å². The molecule has 1 saturated heterocycles. The van der Waals surface area contributed by atoms with Crippen LogP contribution in [-0.2, 0) is 4.74 Å². The van der Waals surface area contributed by atoms with Crippen molar-refractivity contribution in [2.24, 2.45) is 0 Å². The normalized spacial score (nSPS) is 14.9. The standard InChI is InChI=1S/C22H23N3O3/c23-16-19(17-24-20-6-2-1-3-7-20)22(26)18-5-4-8-21(15-18)28-14-11-25-9-12-27-13-10-25/h1-8,15,17,24H,9-14H2/b19-17+. The summed E-state index contributed by atoms with van der Waals surface area (Å²) in [6, 6.07) is 18.3. The van der Waals surface area contributed by atoms with Crippen LogP contribution in [0.5, 0.6) is 5.75 Å². The molecule has 0 aromatic heterocycles. The minimum absolute atomic E-state index is 0.0364. The van der Waals surface area contributed by atoms with Crippen LogP contribution in [0.1, 0.15) is 10.4 Å². The Morgan fingerprint density at radius 3 is 2.71 bits per heavy atom. The number of hydrogen-bond donors (Lipinski definition) is 1. The Kier molecular flexibility index (Phi) is 7.19. The highest BCUT2D eigenvalue weighted by Gasteiger charge is 2.14. The molecule has 2 aromatic rings. The number of ketones is 1. The third-order valence-electron chi connectivity index (χ3n) is 4.40. The largest absolute Gasteiger partial charge is 0.492 e. The first-order chi connectivity index (χ1) is 13.8. The summed E-state index contributed by atoms with van der Waals surface area (Å²) in [6.45, 7) is 4.67. The highest BCUT2D eigenvalue weighted by molar-refractivity contribution is 6.11. The Bertz CT molecular complexity index is 853. The molecule has 0 unspecified atom stereocenters. The molecule has 28 heavy (non-hydrogen) atoms. The van der Waals surface area contributed by atoms with Gasteiger partial charge >= 0.3 is 0 Å². The van der Waals surface area contributed by atoms with Gasteiger partial charge < -0.3 is 14.8 Å². The van der Waals surface area contributed by atoms with Gasteiger partial charge in [-0.3, -0.25) is 9.69 Å². The lowest BCUT2D eigenvalue weighted by Crippen LogP contribution is -2.38. The molecule has 0 radical (unpaired) electrons. The van der Waals surface area contributed by atoms with Crippen LogP contribution in [0.25, 0.3) is 0 Å². The van der Waals surface area contributed by atoms with Gasteiger partial charge in [0, 0.05) is 37.1 Å². The van der Waals surface area contributed by atoms with E-state index in [0.29, 0.717) is 17.9 Å². The zero-order valence-corrected chi connectivity index (χ0v) is 15.6. The zero-order valence-electron chi connectivity index (χ0n) is 15.6. The van der Waals surface area contributed by atoms with Crippen molar-refractivity contribution in [3.63, 3.8) is 0 Å². The van der Waals surface area contributed by atoms with Crippen molar-refractivity contribution in [3.05, 3.63) is 71.9 Å². The first-order valence-corrected chi connectivity index (χ1v) is 9.26. The first-order valence-electron chi connectivity index (χ1n) is 9.26. The number of rotatable bonds is 8. The summed E-state index contributed by atoms with van der Waals surface area (Å²) < 4.78 is 11.1. The molecule has 0 saturated carbocycles. The monoisotopic (exact) mass is 377 g/mol. The van der Waals surface area contributed by atoms with Gasteiger partial charge in [-0.05, 0) is 24.3 Å². The number of nitrogens with one attached hydrogen (secondary N) is 1. The molecule has 1 aliphatic heterocycles. The Labute approximate surface area is 165 Å². The van der Waals surface area contributed by atoms with E-state index in [-0.39, 0.29) is 11.4 Å². The molecule has 0 amide bonds. The lowest BCUT2D eigenvalue weighted by Gasteiger charge is -2.26. The molecule has 0 aliphatic carbocycles. The topological polar surface area (TPSA) is 74.6 Å². The van der Waals surface area contributed by atoms with E-state index < -0.39 is 0 Å². The van der Waals surface area contributed by atoms with E-state index in [2.05, 4.69) is 10.2 Å². The van der Waals surface area contributed by atoms with E-state index in [0.717, 1.165) is 38.5 Å².